The number of ketones is 1. The van der Waals surface area contributed by atoms with Gasteiger partial charge in [-0.3, -0.25) is 9.59 Å². The van der Waals surface area contributed by atoms with E-state index < -0.39 is 0 Å². The number of hydrogen-bond acceptors (Lipinski definition) is 4. The highest BCUT2D eigenvalue weighted by molar-refractivity contribution is 8.00. The summed E-state index contributed by atoms with van der Waals surface area (Å²) in [5, 5.41) is 11.9. The van der Waals surface area contributed by atoms with Gasteiger partial charge in [0.1, 0.15) is 5.75 Å². The van der Waals surface area contributed by atoms with E-state index in [9.17, 15) is 14.7 Å². The zero-order valence-corrected chi connectivity index (χ0v) is 12.3. The molecule has 5 heteroatoms. The van der Waals surface area contributed by atoms with Gasteiger partial charge >= 0.3 is 0 Å². The summed E-state index contributed by atoms with van der Waals surface area (Å²) >= 11 is 1.39. The van der Waals surface area contributed by atoms with E-state index >= 15 is 0 Å². The van der Waals surface area contributed by atoms with Crippen LogP contribution in [0.2, 0.25) is 0 Å². The molecule has 0 unspecified atom stereocenters. The molecule has 0 aliphatic carbocycles. The summed E-state index contributed by atoms with van der Waals surface area (Å²) in [6.45, 7) is 1.50. The van der Waals surface area contributed by atoms with Gasteiger partial charge in [0.15, 0.2) is 5.78 Å². The monoisotopic (exact) mass is 301 g/mol. The zero-order valence-electron chi connectivity index (χ0n) is 11.5. The molecule has 2 rings (SSSR count). The third-order valence-electron chi connectivity index (χ3n) is 2.78. The maximum atomic E-state index is 11.8. The molecule has 2 N–H and O–H groups in total. The molecule has 0 saturated heterocycles. The molecule has 0 spiro atoms. The molecule has 0 aromatic heterocycles. The number of benzene rings is 2. The molecular weight excluding hydrogens is 286 g/mol. The topological polar surface area (TPSA) is 66.4 Å². The number of phenols is 1. The van der Waals surface area contributed by atoms with E-state index in [-0.39, 0.29) is 23.2 Å². The minimum Gasteiger partial charge on any atom is -0.508 e. The number of carbonyl (C=O) groups is 2. The van der Waals surface area contributed by atoms with Crippen molar-refractivity contribution in [1.29, 1.82) is 0 Å². The molecule has 0 radical (unpaired) electrons. The van der Waals surface area contributed by atoms with Crippen LogP contribution >= 0.6 is 11.8 Å². The first-order valence-corrected chi connectivity index (χ1v) is 7.36. The van der Waals surface area contributed by atoms with Crippen molar-refractivity contribution >= 4 is 29.1 Å². The maximum Gasteiger partial charge on any atom is 0.234 e. The second-order valence-electron chi connectivity index (χ2n) is 4.46. The molecule has 4 nitrogen and oxygen atoms in total. The third kappa shape index (κ3) is 4.65. The van der Waals surface area contributed by atoms with Gasteiger partial charge < -0.3 is 10.4 Å². The first-order valence-electron chi connectivity index (χ1n) is 6.37. The minimum absolute atomic E-state index is 0.00392. The maximum absolute atomic E-state index is 11.8. The lowest BCUT2D eigenvalue weighted by atomic mass is 10.1. The second kappa shape index (κ2) is 6.95. The first-order chi connectivity index (χ1) is 10.0. The molecule has 2 aromatic rings. The summed E-state index contributed by atoms with van der Waals surface area (Å²) in [6, 6.07) is 13.5. The van der Waals surface area contributed by atoms with Crippen molar-refractivity contribution < 1.29 is 14.7 Å². The Morgan fingerprint density at radius 2 is 1.67 bits per heavy atom. The van der Waals surface area contributed by atoms with Gasteiger partial charge in [0.2, 0.25) is 5.91 Å². The second-order valence-corrected chi connectivity index (χ2v) is 5.51. The lowest BCUT2D eigenvalue weighted by Crippen LogP contribution is -2.14. The van der Waals surface area contributed by atoms with Crippen LogP contribution < -0.4 is 5.32 Å². The molecule has 0 atom stereocenters. The molecule has 0 aliphatic rings. The van der Waals surface area contributed by atoms with E-state index in [1.807, 2.05) is 0 Å². The minimum atomic E-state index is -0.122. The van der Waals surface area contributed by atoms with Gasteiger partial charge in [0.05, 0.1) is 5.75 Å². The van der Waals surface area contributed by atoms with Crippen LogP contribution in [0.1, 0.15) is 17.3 Å². The number of phenolic OH excluding ortho intramolecular Hbond substituents is 1. The average Bonchev–Trinajstić information content (AvgIpc) is 2.47. The Kier molecular flexibility index (Phi) is 5.00. The summed E-state index contributed by atoms with van der Waals surface area (Å²) < 4.78 is 0. The molecule has 0 aliphatic heterocycles. The summed E-state index contributed by atoms with van der Waals surface area (Å²) in [5.41, 5.74) is 1.28. The smallest absolute Gasteiger partial charge is 0.234 e. The van der Waals surface area contributed by atoms with Crippen molar-refractivity contribution in [2.75, 3.05) is 11.1 Å². The predicted molar refractivity (Wildman–Crippen MR) is 83.9 cm³/mol. The number of rotatable bonds is 5. The fourth-order valence-corrected chi connectivity index (χ4v) is 2.38. The number of hydrogen-bond donors (Lipinski definition) is 2. The van der Waals surface area contributed by atoms with Crippen molar-refractivity contribution in [3.8, 4) is 5.75 Å². The standard InChI is InChI=1S/C16H15NO3S/c1-11(18)12-2-4-13(5-3-12)17-16(20)10-21-15-8-6-14(19)7-9-15/h2-9,19H,10H2,1H3,(H,17,20). The van der Waals surface area contributed by atoms with Gasteiger partial charge in [-0.2, -0.15) is 0 Å². The van der Waals surface area contributed by atoms with Crippen LogP contribution in [0.3, 0.4) is 0 Å². The van der Waals surface area contributed by atoms with Gasteiger partial charge in [-0.05, 0) is 55.5 Å². The number of Topliss-reactive ketones (excluding diaryl/α,β-unsaturated/α-hetero) is 1. The van der Waals surface area contributed by atoms with Gasteiger partial charge in [0, 0.05) is 16.1 Å². The number of anilines is 1. The lowest BCUT2D eigenvalue weighted by Gasteiger charge is -2.06. The molecule has 0 fully saturated rings. The highest BCUT2D eigenvalue weighted by Gasteiger charge is 2.05. The van der Waals surface area contributed by atoms with Crippen molar-refractivity contribution in [1.82, 2.24) is 0 Å². The summed E-state index contributed by atoms with van der Waals surface area (Å²) in [4.78, 5) is 23.9. The van der Waals surface area contributed by atoms with Crippen molar-refractivity contribution in [3.63, 3.8) is 0 Å². The average molecular weight is 301 g/mol. The van der Waals surface area contributed by atoms with E-state index in [1.165, 1.54) is 18.7 Å². The van der Waals surface area contributed by atoms with E-state index in [0.29, 0.717) is 11.3 Å². The predicted octanol–water partition coefficient (Wildman–Crippen LogP) is 3.33. The molecule has 108 valence electrons. The van der Waals surface area contributed by atoms with E-state index in [2.05, 4.69) is 5.32 Å². The number of carbonyl (C=O) groups excluding carboxylic acids is 2. The molecular formula is C16H15NO3S. The Hall–Kier alpha value is -2.27. The molecule has 0 saturated carbocycles. The van der Waals surface area contributed by atoms with Crippen LogP contribution in [-0.2, 0) is 4.79 Å². The highest BCUT2D eigenvalue weighted by atomic mass is 32.2. The largest absolute Gasteiger partial charge is 0.508 e. The molecule has 0 bridgehead atoms. The van der Waals surface area contributed by atoms with Gasteiger partial charge in [-0.25, -0.2) is 0 Å². The van der Waals surface area contributed by atoms with Gasteiger partial charge in [-0.1, -0.05) is 0 Å². The fourth-order valence-electron chi connectivity index (χ4n) is 1.68. The number of nitrogens with one attached hydrogen (secondary N) is 1. The number of thioether (sulfide) groups is 1. The molecule has 0 heterocycles. The van der Waals surface area contributed by atoms with Crippen LogP contribution in [0.25, 0.3) is 0 Å². The van der Waals surface area contributed by atoms with E-state index in [1.54, 1.807) is 48.5 Å². The highest BCUT2D eigenvalue weighted by Crippen LogP contribution is 2.21. The Bertz CT molecular complexity index is 636. The first kappa shape index (κ1) is 15.1. The number of amides is 1. The van der Waals surface area contributed by atoms with Crippen molar-refractivity contribution in [2.24, 2.45) is 0 Å². The Morgan fingerprint density at radius 1 is 1.05 bits per heavy atom. The van der Waals surface area contributed by atoms with Crippen LogP contribution in [0.15, 0.2) is 53.4 Å². The van der Waals surface area contributed by atoms with E-state index in [4.69, 9.17) is 0 Å². The molecule has 1 amide bonds. The summed E-state index contributed by atoms with van der Waals surface area (Å²) in [7, 11) is 0. The molecule has 2 aromatic carbocycles. The van der Waals surface area contributed by atoms with Crippen LogP contribution in [0, 0.1) is 0 Å². The van der Waals surface area contributed by atoms with Gasteiger partial charge in [0.25, 0.3) is 0 Å². The Morgan fingerprint density at radius 3 is 2.24 bits per heavy atom. The van der Waals surface area contributed by atoms with Crippen LogP contribution in [-0.4, -0.2) is 22.5 Å². The van der Waals surface area contributed by atoms with Crippen LogP contribution in [0.5, 0.6) is 5.75 Å². The lowest BCUT2D eigenvalue weighted by molar-refractivity contribution is -0.113. The van der Waals surface area contributed by atoms with Crippen molar-refractivity contribution in [2.45, 2.75) is 11.8 Å². The quantitative estimate of drug-likeness (QED) is 0.656. The SMILES string of the molecule is CC(=O)c1ccc(NC(=O)CSc2ccc(O)cc2)cc1. The normalized spacial score (nSPS) is 10.1. The summed E-state index contributed by atoms with van der Waals surface area (Å²) in [6.07, 6.45) is 0. The summed E-state index contributed by atoms with van der Waals surface area (Å²) in [5.74, 6) is 0.355. The van der Waals surface area contributed by atoms with E-state index in [0.717, 1.165) is 4.90 Å². The Labute approximate surface area is 127 Å². The molecule has 21 heavy (non-hydrogen) atoms. The fraction of sp³-hybridized carbons (Fsp3) is 0.125. The third-order valence-corrected chi connectivity index (χ3v) is 3.79. The van der Waals surface area contributed by atoms with Gasteiger partial charge in [-0.15, -0.1) is 11.8 Å². The number of aromatic hydroxyl groups is 1. The van der Waals surface area contributed by atoms with Crippen LogP contribution in [0.4, 0.5) is 5.69 Å². The zero-order chi connectivity index (χ0) is 15.2. The Balaban J connectivity index is 1.86. The van der Waals surface area contributed by atoms with Crippen molar-refractivity contribution in [3.05, 3.63) is 54.1 Å².